The second-order valence-corrected chi connectivity index (χ2v) is 1.62. The molecule has 0 aromatic rings. The van der Waals surface area contributed by atoms with E-state index in [9.17, 15) is 9.59 Å². The van der Waals surface area contributed by atoms with Crippen molar-refractivity contribution in [3.05, 3.63) is 0 Å². The highest BCUT2D eigenvalue weighted by Crippen LogP contribution is 1.93. The van der Waals surface area contributed by atoms with E-state index in [2.05, 4.69) is 9.62 Å². The maximum Gasteiger partial charge on any atom is 0.346 e. The fourth-order valence-corrected chi connectivity index (χ4v) is 0.390. The zero-order valence-electron chi connectivity index (χ0n) is 5.66. The Balaban J connectivity index is 4.06. The zero-order valence-corrected chi connectivity index (χ0v) is 5.66. The molecular weight excluding hydrogens is 140 g/mol. The number of ether oxygens (including phenoxy) is 1. The van der Waals surface area contributed by atoms with Crippen molar-refractivity contribution in [1.29, 1.82) is 0 Å². The molecule has 0 fully saturated rings. The van der Waals surface area contributed by atoms with Crippen molar-refractivity contribution >= 4 is 11.8 Å². The van der Waals surface area contributed by atoms with E-state index in [-0.39, 0.29) is 0 Å². The van der Waals surface area contributed by atoms with E-state index >= 15 is 0 Å². The van der Waals surface area contributed by atoms with Gasteiger partial charge in [0, 0.05) is 0 Å². The summed E-state index contributed by atoms with van der Waals surface area (Å²) in [7, 11) is 1.09. The Hall–Kier alpha value is -0.940. The second kappa shape index (κ2) is 3.97. The van der Waals surface area contributed by atoms with Gasteiger partial charge in [0.05, 0.1) is 7.11 Å². The molecule has 0 amide bonds. The predicted octanol–water partition coefficient (Wildman–Crippen LogP) is -0.393. The minimum atomic E-state index is -1.51. The van der Waals surface area contributed by atoms with Crippen LogP contribution in [0.5, 0.6) is 0 Å². The lowest BCUT2D eigenvalue weighted by molar-refractivity contribution is -0.269. The summed E-state index contributed by atoms with van der Waals surface area (Å²) in [5.74, 6) is -1.51. The van der Waals surface area contributed by atoms with Crippen LogP contribution in [-0.4, -0.2) is 30.2 Å². The Morgan fingerprint density at radius 1 is 1.50 bits per heavy atom. The summed E-state index contributed by atoms with van der Waals surface area (Å²) in [6, 6.07) is 0. The maximum absolute atomic E-state index is 10.5. The molecule has 5 nitrogen and oxygen atoms in total. The highest BCUT2D eigenvalue weighted by Gasteiger charge is 2.24. The molecule has 0 saturated carbocycles. The van der Waals surface area contributed by atoms with Crippen molar-refractivity contribution in [3.8, 4) is 0 Å². The number of carbonyl (C=O) groups excluding carboxylic acids is 2. The molecule has 0 spiro atoms. The third kappa shape index (κ3) is 2.12. The molecule has 0 aromatic heterocycles. The molecule has 1 atom stereocenters. The fraction of sp³-hybridized carbons (Fsp3) is 0.600. The standard InChI is InChI=1S/C5H8O5/c1-3(6)4(10-8)5(7)9-2/h4,8H,1-2H3. The molecule has 0 saturated heterocycles. The SMILES string of the molecule is COC(=O)C(OO)C(C)=O. The molecule has 0 aliphatic rings. The molecule has 0 aliphatic carbocycles. The first-order valence-electron chi connectivity index (χ1n) is 2.52. The van der Waals surface area contributed by atoms with Gasteiger partial charge in [-0.25, -0.2) is 9.68 Å². The molecule has 0 aliphatic heterocycles. The Morgan fingerprint density at radius 3 is 2.10 bits per heavy atom. The van der Waals surface area contributed by atoms with E-state index in [0.717, 1.165) is 14.0 Å². The highest BCUT2D eigenvalue weighted by molar-refractivity contribution is 6.00. The van der Waals surface area contributed by atoms with Crippen molar-refractivity contribution in [2.45, 2.75) is 13.0 Å². The van der Waals surface area contributed by atoms with Crippen LogP contribution in [0.25, 0.3) is 0 Å². The molecule has 0 heterocycles. The first-order valence-corrected chi connectivity index (χ1v) is 2.52. The Morgan fingerprint density at radius 2 is 2.00 bits per heavy atom. The zero-order chi connectivity index (χ0) is 8.15. The van der Waals surface area contributed by atoms with Gasteiger partial charge >= 0.3 is 5.97 Å². The van der Waals surface area contributed by atoms with Crippen LogP contribution >= 0.6 is 0 Å². The number of methoxy groups -OCH3 is 1. The third-order valence-electron chi connectivity index (χ3n) is 0.890. The van der Waals surface area contributed by atoms with Gasteiger partial charge < -0.3 is 4.74 Å². The smallest absolute Gasteiger partial charge is 0.346 e. The van der Waals surface area contributed by atoms with Gasteiger partial charge in [-0.3, -0.25) is 10.1 Å². The summed E-state index contributed by atoms with van der Waals surface area (Å²) < 4.78 is 4.12. The predicted molar refractivity (Wildman–Crippen MR) is 30.2 cm³/mol. The van der Waals surface area contributed by atoms with Gasteiger partial charge in [0.1, 0.15) is 0 Å². The van der Waals surface area contributed by atoms with E-state index in [0.29, 0.717) is 0 Å². The van der Waals surface area contributed by atoms with Crippen molar-refractivity contribution in [1.82, 2.24) is 0 Å². The summed E-state index contributed by atoms with van der Waals surface area (Å²) in [5.41, 5.74) is 0. The summed E-state index contributed by atoms with van der Waals surface area (Å²) in [4.78, 5) is 24.4. The average Bonchev–Trinajstić information content (AvgIpc) is 1.88. The molecule has 10 heavy (non-hydrogen) atoms. The number of ketones is 1. The molecular formula is C5H8O5. The summed E-state index contributed by atoms with van der Waals surface area (Å²) in [5, 5.41) is 7.98. The van der Waals surface area contributed by atoms with Crippen LogP contribution in [-0.2, 0) is 19.2 Å². The van der Waals surface area contributed by atoms with Crippen LogP contribution in [0.4, 0.5) is 0 Å². The van der Waals surface area contributed by atoms with E-state index in [1.165, 1.54) is 0 Å². The monoisotopic (exact) mass is 148 g/mol. The number of rotatable bonds is 3. The van der Waals surface area contributed by atoms with Crippen LogP contribution in [0, 0.1) is 0 Å². The summed E-state index contributed by atoms with van der Waals surface area (Å²) in [6.45, 7) is 1.11. The quantitative estimate of drug-likeness (QED) is 0.255. The molecule has 1 unspecified atom stereocenters. The fourth-order valence-electron chi connectivity index (χ4n) is 0.390. The minimum Gasteiger partial charge on any atom is -0.467 e. The highest BCUT2D eigenvalue weighted by atomic mass is 17.1. The van der Waals surface area contributed by atoms with E-state index in [1.807, 2.05) is 0 Å². The van der Waals surface area contributed by atoms with Crippen LogP contribution in [0.15, 0.2) is 0 Å². The Bertz CT molecular complexity index is 141. The molecule has 0 radical (unpaired) electrons. The first-order chi connectivity index (χ1) is 4.63. The van der Waals surface area contributed by atoms with Crippen LogP contribution < -0.4 is 0 Å². The molecule has 1 N–H and O–H groups in total. The van der Waals surface area contributed by atoms with Crippen molar-refractivity contribution < 1.29 is 24.5 Å². The number of carbonyl (C=O) groups is 2. The van der Waals surface area contributed by atoms with Gasteiger partial charge in [0.25, 0.3) is 0 Å². The summed E-state index contributed by atoms with van der Waals surface area (Å²) in [6.07, 6.45) is -1.51. The van der Waals surface area contributed by atoms with Gasteiger partial charge in [-0.2, -0.15) is 0 Å². The number of hydrogen-bond acceptors (Lipinski definition) is 5. The lowest BCUT2D eigenvalue weighted by atomic mass is 10.3. The van der Waals surface area contributed by atoms with Crippen LogP contribution in [0.1, 0.15) is 6.92 Å². The van der Waals surface area contributed by atoms with Gasteiger partial charge in [-0.15, -0.1) is 0 Å². The summed E-state index contributed by atoms with van der Waals surface area (Å²) >= 11 is 0. The largest absolute Gasteiger partial charge is 0.467 e. The molecule has 0 bridgehead atoms. The Labute approximate surface area is 57.5 Å². The average molecular weight is 148 g/mol. The van der Waals surface area contributed by atoms with Gasteiger partial charge in [0.2, 0.25) is 6.10 Å². The number of hydrogen-bond donors (Lipinski definition) is 1. The third-order valence-corrected chi connectivity index (χ3v) is 0.890. The minimum absolute atomic E-state index is 0.602. The second-order valence-electron chi connectivity index (χ2n) is 1.62. The maximum atomic E-state index is 10.5. The van der Waals surface area contributed by atoms with Crippen LogP contribution in [0.2, 0.25) is 0 Å². The van der Waals surface area contributed by atoms with E-state index in [4.69, 9.17) is 5.26 Å². The molecule has 0 aromatic carbocycles. The first kappa shape index (κ1) is 9.06. The van der Waals surface area contributed by atoms with Gasteiger partial charge in [0.15, 0.2) is 5.78 Å². The molecule has 5 heteroatoms. The molecule has 58 valence electrons. The van der Waals surface area contributed by atoms with Crippen molar-refractivity contribution in [2.75, 3.05) is 7.11 Å². The van der Waals surface area contributed by atoms with Crippen molar-refractivity contribution in [2.24, 2.45) is 0 Å². The normalized spacial score (nSPS) is 12.3. The van der Waals surface area contributed by atoms with Gasteiger partial charge in [-0.05, 0) is 6.92 Å². The number of Topliss-reactive ketones (excluding diaryl/α,β-unsaturated/α-hetero) is 1. The topological polar surface area (TPSA) is 72.8 Å². The van der Waals surface area contributed by atoms with Crippen LogP contribution in [0.3, 0.4) is 0 Å². The molecule has 0 rings (SSSR count). The lowest BCUT2D eigenvalue weighted by Gasteiger charge is -2.05. The Kier molecular flexibility index (Phi) is 3.60. The van der Waals surface area contributed by atoms with E-state index < -0.39 is 17.9 Å². The van der Waals surface area contributed by atoms with Gasteiger partial charge in [-0.1, -0.05) is 0 Å². The number of esters is 1. The van der Waals surface area contributed by atoms with E-state index in [1.54, 1.807) is 0 Å². The van der Waals surface area contributed by atoms with Crippen molar-refractivity contribution in [3.63, 3.8) is 0 Å². The lowest BCUT2D eigenvalue weighted by Crippen LogP contribution is -2.31.